The Bertz CT molecular complexity index is 1520. The summed E-state index contributed by atoms with van der Waals surface area (Å²) in [6.45, 7) is 6.75. The summed E-state index contributed by atoms with van der Waals surface area (Å²) in [7, 11) is 0. The average Bonchev–Trinajstić information content (AvgIpc) is 3.85. The zero-order valence-electron chi connectivity index (χ0n) is 23.4. The van der Waals surface area contributed by atoms with E-state index in [9.17, 15) is 0 Å². The zero-order valence-corrected chi connectivity index (χ0v) is 23.4. The number of hydrogen-bond acceptors (Lipinski definition) is 7. The van der Waals surface area contributed by atoms with Crippen molar-refractivity contribution in [3.63, 3.8) is 0 Å². The van der Waals surface area contributed by atoms with Crippen molar-refractivity contribution in [2.24, 2.45) is 0 Å². The fraction of sp³-hybridized carbons (Fsp3) is 0.412. The summed E-state index contributed by atoms with van der Waals surface area (Å²) in [5.41, 5.74) is 2.19. The van der Waals surface area contributed by atoms with Gasteiger partial charge in [0.25, 0.3) is 0 Å². The van der Waals surface area contributed by atoms with Crippen LogP contribution in [0.5, 0.6) is 23.0 Å². The summed E-state index contributed by atoms with van der Waals surface area (Å²) in [5.74, 6) is 3.39. The highest BCUT2D eigenvalue weighted by Gasteiger charge is 2.26. The molecule has 0 saturated carbocycles. The molecule has 3 unspecified atom stereocenters. The first kappa shape index (κ1) is 26.4. The van der Waals surface area contributed by atoms with Gasteiger partial charge in [-0.3, -0.25) is 0 Å². The third kappa shape index (κ3) is 6.53. The van der Waals surface area contributed by atoms with Crippen LogP contribution in [0.2, 0.25) is 0 Å². The highest BCUT2D eigenvalue weighted by Crippen LogP contribution is 2.39. The molecule has 3 fully saturated rings. The lowest BCUT2D eigenvalue weighted by molar-refractivity contribution is 0.259. The van der Waals surface area contributed by atoms with Crippen LogP contribution in [-0.4, -0.2) is 64.6 Å². The first-order valence-electron chi connectivity index (χ1n) is 14.7. The van der Waals surface area contributed by atoms with Crippen molar-refractivity contribution in [2.45, 2.75) is 44.5 Å². The van der Waals surface area contributed by atoms with Crippen molar-refractivity contribution in [2.75, 3.05) is 46.2 Å². The van der Waals surface area contributed by atoms with Crippen LogP contribution in [0.4, 0.5) is 0 Å². The Balaban J connectivity index is 1.30. The molecule has 4 aromatic rings. The number of hydrogen-bond donors (Lipinski definition) is 0. The fourth-order valence-corrected chi connectivity index (χ4v) is 5.05. The molecule has 7 nitrogen and oxygen atoms in total. The van der Waals surface area contributed by atoms with Crippen LogP contribution < -0.4 is 18.9 Å². The fourth-order valence-electron chi connectivity index (χ4n) is 5.05. The molecule has 3 saturated heterocycles. The first-order chi connectivity index (χ1) is 20.2. The Morgan fingerprint density at radius 1 is 0.610 bits per heavy atom. The first-order valence-corrected chi connectivity index (χ1v) is 14.7. The van der Waals surface area contributed by atoms with Crippen LogP contribution in [0, 0.1) is 0 Å². The maximum Gasteiger partial charge on any atom is 0.123 e. The lowest BCUT2D eigenvalue weighted by Gasteiger charge is -2.19. The number of fused-ring (bicyclic) bond motifs is 2. The molecule has 3 aliphatic heterocycles. The van der Waals surface area contributed by atoms with E-state index in [0.717, 1.165) is 88.3 Å². The minimum absolute atomic E-state index is 0.157. The summed E-state index contributed by atoms with van der Waals surface area (Å²) in [6, 6.07) is 21.0. The SMILES string of the molecule is CCCCOc1ccc2ccc(OCC3CO3)c(Cc3c(OCC4CO4)ccc4ccc(OCC5CO5)cc34)c2c1. The van der Waals surface area contributed by atoms with Gasteiger partial charge in [0.05, 0.1) is 26.4 Å². The maximum atomic E-state index is 6.37. The van der Waals surface area contributed by atoms with Gasteiger partial charge < -0.3 is 33.2 Å². The van der Waals surface area contributed by atoms with Gasteiger partial charge in [-0.1, -0.05) is 37.6 Å². The van der Waals surface area contributed by atoms with Gasteiger partial charge in [-0.05, 0) is 64.4 Å². The topological polar surface area (TPSA) is 74.5 Å². The second-order valence-corrected chi connectivity index (χ2v) is 11.0. The molecule has 3 heterocycles. The van der Waals surface area contributed by atoms with Crippen LogP contribution >= 0.6 is 0 Å². The minimum atomic E-state index is 0.157. The third-order valence-corrected chi connectivity index (χ3v) is 7.74. The molecule has 3 aliphatic rings. The Morgan fingerprint density at radius 3 is 1.56 bits per heavy atom. The summed E-state index contributed by atoms with van der Waals surface area (Å²) >= 11 is 0. The van der Waals surface area contributed by atoms with Gasteiger partial charge in [0, 0.05) is 17.5 Å². The molecule has 41 heavy (non-hydrogen) atoms. The monoisotopic (exact) mass is 556 g/mol. The molecule has 0 aromatic heterocycles. The molecular weight excluding hydrogens is 520 g/mol. The molecule has 0 radical (unpaired) electrons. The molecule has 0 N–H and O–H groups in total. The maximum absolute atomic E-state index is 6.37. The minimum Gasteiger partial charge on any atom is -0.494 e. The molecule has 7 heteroatoms. The van der Waals surface area contributed by atoms with Gasteiger partial charge >= 0.3 is 0 Å². The van der Waals surface area contributed by atoms with Crippen LogP contribution in [0.25, 0.3) is 21.5 Å². The van der Waals surface area contributed by atoms with Crippen molar-refractivity contribution in [1.29, 1.82) is 0 Å². The van der Waals surface area contributed by atoms with E-state index in [1.807, 2.05) is 6.07 Å². The van der Waals surface area contributed by atoms with Crippen molar-refractivity contribution in [3.8, 4) is 23.0 Å². The lowest BCUT2D eigenvalue weighted by atomic mass is 9.93. The van der Waals surface area contributed by atoms with Crippen molar-refractivity contribution in [3.05, 3.63) is 71.8 Å². The third-order valence-electron chi connectivity index (χ3n) is 7.74. The Morgan fingerprint density at radius 2 is 1.07 bits per heavy atom. The molecular formula is C34H36O7. The van der Waals surface area contributed by atoms with E-state index in [4.69, 9.17) is 33.2 Å². The van der Waals surface area contributed by atoms with Gasteiger partial charge in [-0.25, -0.2) is 0 Å². The largest absolute Gasteiger partial charge is 0.494 e. The number of unbranched alkanes of at least 4 members (excludes halogenated alkanes) is 1. The number of benzene rings is 4. The van der Waals surface area contributed by atoms with Crippen LogP contribution in [0.1, 0.15) is 30.9 Å². The van der Waals surface area contributed by atoms with Crippen molar-refractivity contribution in [1.82, 2.24) is 0 Å². The standard InChI is InChI=1S/C34H36O7/c1-2-3-12-35-24-8-4-22-6-10-33(40-20-27-18-38-27)31(29(22)13-24)15-32-30-14-25(36-16-26-17-37-26)9-5-23(30)7-11-34(32)41-21-28-19-39-28/h4-11,13-14,26-28H,2-3,12,15-21H2,1H3. The van der Waals surface area contributed by atoms with E-state index < -0.39 is 0 Å². The van der Waals surface area contributed by atoms with Crippen molar-refractivity contribution >= 4 is 21.5 Å². The van der Waals surface area contributed by atoms with E-state index in [-0.39, 0.29) is 18.3 Å². The highest BCUT2D eigenvalue weighted by atomic mass is 16.6. The number of epoxide rings is 3. The molecule has 0 aliphatic carbocycles. The van der Waals surface area contributed by atoms with Crippen LogP contribution in [0.15, 0.2) is 60.7 Å². The van der Waals surface area contributed by atoms with E-state index in [1.165, 1.54) is 0 Å². The van der Waals surface area contributed by atoms with E-state index >= 15 is 0 Å². The molecule has 0 spiro atoms. The van der Waals surface area contributed by atoms with Gasteiger partial charge in [0.15, 0.2) is 0 Å². The van der Waals surface area contributed by atoms with Crippen molar-refractivity contribution < 1.29 is 33.2 Å². The summed E-state index contributed by atoms with van der Waals surface area (Å²) in [5, 5.41) is 4.47. The molecule has 7 rings (SSSR count). The summed E-state index contributed by atoms with van der Waals surface area (Å²) < 4.78 is 41.2. The van der Waals surface area contributed by atoms with Gasteiger partial charge in [-0.2, -0.15) is 0 Å². The predicted molar refractivity (Wildman–Crippen MR) is 157 cm³/mol. The van der Waals surface area contributed by atoms with E-state index in [1.54, 1.807) is 0 Å². The van der Waals surface area contributed by atoms with Gasteiger partial charge in [0.2, 0.25) is 0 Å². The average molecular weight is 557 g/mol. The molecule has 3 atom stereocenters. The van der Waals surface area contributed by atoms with Gasteiger partial charge in [-0.15, -0.1) is 0 Å². The highest BCUT2D eigenvalue weighted by molar-refractivity contribution is 5.93. The Labute approximate surface area is 240 Å². The Hall–Kier alpha value is -3.52. The normalized spacial score (nSPS) is 20.7. The Kier molecular flexibility index (Phi) is 7.57. The predicted octanol–water partition coefficient (Wildman–Crippen LogP) is 6.10. The van der Waals surface area contributed by atoms with E-state index in [0.29, 0.717) is 32.8 Å². The lowest BCUT2D eigenvalue weighted by Crippen LogP contribution is -2.09. The molecule has 214 valence electrons. The molecule has 0 bridgehead atoms. The second-order valence-electron chi connectivity index (χ2n) is 11.0. The number of rotatable bonds is 15. The number of ether oxygens (including phenoxy) is 7. The quantitative estimate of drug-likeness (QED) is 0.129. The summed E-state index contributed by atoms with van der Waals surface area (Å²) in [4.78, 5) is 0. The summed E-state index contributed by atoms with van der Waals surface area (Å²) in [6.07, 6.45) is 3.24. The molecule has 4 aromatic carbocycles. The van der Waals surface area contributed by atoms with Gasteiger partial charge in [0.1, 0.15) is 61.1 Å². The smallest absolute Gasteiger partial charge is 0.123 e. The molecule has 0 amide bonds. The van der Waals surface area contributed by atoms with Crippen LogP contribution in [-0.2, 0) is 20.6 Å². The second kappa shape index (κ2) is 11.8. The van der Waals surface area contributed by atoms with Crippen LogP contribution in [0.3, 0.4) is 0 Å². The zero-order chi connectivity index (χ0) is 27.6. The van der Waals surface area contributed by atoms with E-state index in [2.05, 4.69) is 61.5 Å².